The SMILES string of the molecule is CC1=C(C(=O)c2cccnc2)C(c2ccc(C#N)cc2)N(CC(=O)NS(=O)(=O)CC(F)(F)F)C(=O)N1c1cccc(C(F)(F)F)c1. The first-order chi connectivity index (χ1) is 21.4. The molecule has 3 amide bonds. The fraction of sp³-hybridized carbons (Fsp3) is 0.207. The van der Waals surface area contributed by atoms with Gasteiger partial charge < -0.3 is 4.90 Å². The average Bonchev–Trinajstić information content (AvgIpc) is 2.97. The van der Waals surface area contributed by atoms with E-state index in [0.29, 0.717) is 15.9 Å². The van der Waals surface area contributed by atoms with Gasteiger partial charge in [-0.2, -0.15) is 31.6 Å². The third-order valence-electron chi connectivity index (χ3n) is 6.64. The van der Waals surface area contributed by atoms with Crippen molar-refractivity contribution in [1.29, 1.82) is 5.26 Å². The summed E-state index contributed by atoms with van der Waals surface area (Å²) in [6.07, 6.45) is -7.54. The predicted molar refractivity (Wildman–Crippen MR) is 149 cm³/mol. The third-order valence-corrected chi connectivity index (χ3v) is 7.89. The summed E-state index contributed by atoms with van der Waals surface area (Å²) < 4.78 is 105. The number of nitrogens with zero attached hydrogens (tertiary/aromatic N) is 4. The number of alkyl halides is 6. The molecule has 0 saturated carbocycles. The molecule has 240 valence electrons. The summed E-state index contributed by atoms with van der Waals surface area (Å²) >= 11 is 0. The first kappa shape index (κ1) is 33.6. The quantitative estimate of drug-likeness (QED) is 0.260. The highest BCUT2D eigenvalue weighted by Gasteiger charge is 2.44. The Kier molecular flexibility index (Phi) is 9.24. The molecule has 1 N–H and O–H groups in total. The van der Waals surface area contributed by atoms with Crippen molar-refractivity contribution in [2.75, 3.05) is 17.2 Å². The number of rotatable bonds is 8. The number of carbonyl (C=O) groups is 3. The Hall–Kier alpha value is -5.24. The van der Waals surface area contributed by atoms with Crippen LogP contribution in [0.2, 0.25) is 0 Å². The lowest BCUT2D eigenvalue weighted by Gasteiger charge is -2.43. The standard InChI is InChI=1S/C29H21F6N5O5S/c1-17-24(26(42)20-4-3-11-37-14-20)25(19-9-7-18(13-36)8-10-19)39(15-23(41)38-46(44,45)16-28(30,31)32)27(43)40(17)22-6-2-5-21(12-22)29(33,34)35/h2-12,14,25H,15-16H2,1H3,(H,38,41). The number of amides is 3. The Balaban J connectivity index is 1.94. The lowest BCUT2D eigenvalue weighted by atomic mass is 9.87. The summed E-state index contributed by atoms with van der Waals surface area (Å²) in [5.41, 5.74) is -1.77. The molecule has 1 unspecified atom stereocenters. The summed E-state index contributed by atoms with van der Waals surface area (Å²) in [7, 11) is -5.29. The van der Waals surface area contributed by atoms with E-state index in [4.69, 9.17) is 0 Å². The molecule has 17 heteroatoms. The van der Waals surface area contributed by atoms with Crippen LogP contribution in [-0.2, 0) is 21.0 Å². The predicted octanol–water partition coefficient (Wildman–Crippen LogP) is 5.12. The number of carbonyl (C=O) groups excluding carboxylic acids is 3. The summed E-state index contributed by atoms with van der Waals surface area (Å²) in [5, 5.41) is 9.25. The molecule has 2 aromatic carbocycles. The molecule has 0 fully saturated rings. The second-order valence-electron chi connectivity index (χ2n) is 9.90. The molecule has 0 saturated heterocycles. The maximum Gasteiger partial charge on any atom is 0.416 e. The Morgan fingerprint density at radius 3 is 2.26 bits per heavy atom. The molecule has 0 spiro atoms. The van der Waals surface area contributed by atoms with E-state index in [1.807, 2.05) is 6.07 Å². The summed E-state index contributed by atoms with van der Waals surface area (Å²) in [5.74, 6) is -4.81. The summed E-state index contributed by atoms with van der Waals surface area (Å²) in [4.78, 5) is 46.3. The van der Waals surface area contributed by atoms with Gasteiger partial charge in [-0.15, -0.1) is 0 Å². The van der Waals surface area contributed by atoms with E-state index < -0.39 is 64.0 Å². The molecule has 1 atom stereocenters. The Morgan fingerprint density at radius 1 is 1.02 bits per heavy atom. The van der Waals surface area contributed by atoms with E-state index in [0.717, 1.165) is 18.2 Å². The van der Waals surface area contributed by atoms with Gasteiger partial charge in [-0.25, -0.2) is 13.2 Å². The molecule has 0 aliphatic carbocycles. The Labute approximate surface area is 257 Å². The van der Waals surface area contributed by atoms with E-state index in [1.165, 1.54) is 60.4 Å². The van der Waals surface area contributed by atoms with Crippen LogP contribution >= 0.6 is 0 Å². The van der Waals surface area contributed by atoms with Crippen LogP contribution in [0, 0.1) is 11.3 Å². The molecule has 1 aromatic heterocycles. The minimum atomic E-state index is -5.29. The van der Waals surface area contributed by atoms with Crippen LogP contribution in [0.5, 0.6) is 0 Å². The monoisotopic (exact) mass is 665 g/mol. The molecule has 46 heavy (non-hydrogen) atoms. The zero-order chi connectivity index (χ0) is 34.0. The van der Waals surface area contributed by atoms with Gasteiger partial charge in [0, 0.05) is 29.2 Å². The zero-order valence-corrected chi connectivity index (χ0v) is 24.2. The third kappa shape index (κ3) is 7.51. The number of halogens is 6. The van der Waals surface area contributed by atoms with Gasteiger partial charge in [0.25, 0.3) is 5.91 Å². The van der Waals surface area contributed by atoms with Gasteiger partial charge in [0.15, 0.2) is 11.5 Å². The zero-order valence-electron chi connectivity index (χ0n) is 23.4. The number of urea groups is 1. The molecule has 3 aromatic rings. The van der Waals surface area contributed by atoms with Gasteiger partial charge in [0.05, 0.1) is 28.9 Å². The molecule has 1 aliphatic heterocycles. The Bertz CT molecular complexity index is 1850. The lowest BCUT2D eigenvalue weighted by molar-refractivity contribution is -0.137. The molecule has 1 aliphatic rings. The number of hydrogen-bond donors (Lipinski definition) is 1. The van der Waals surface area contributed by atoms with Crippen LogP contribution in [-0.4, -0.2) is 54.5 Å². The molecule has 4 rings (SSSR count). The maximum absolute atomic E-state index is 14.1. The van der Waals surface area contributed by atoms with Gasteiger partial charge in [0.1, 0.15) is 6.54 Å². The van der Waals surface area contributed by atoms with Crippen molar-refractivity contribution in [2.45, 2.75) is 25.3 Å². The van der Waals surface area contributed by atoms with Crippen LogP contribution in [0.1, 0.15) is 40.0 Å². The van der Waals surface area contributed by atoms with Crippen molar-refractivity contribution in [3.8, 4) is 6.07 Å². The highest BCUT2D eigenvalue weighted by Crippen LogP contribution is 2.42. The number of Topliss-reactive ketones (excluding diaryl/α,β-unsaturated/α-hetero) is 1. The maximum atomic E-state index is 14.1. The number of hydrogen-bond acceptors (Lipinski definition) is 7. The van der Waals surface area contributed by atoms with Crippen molar-refractivity contribution < 1.29 is 49.1 Å². The first-order valence-corrected chi connectivity index (χ1v) is 14.6. The number of nitrogens with one attached hydrogen (secondary N) is 1. The normalized spacial score (nSPS) is 15.9. The van der Waals surface area contributed by atoms with Crippen LogP contribution in [0.15, 0.2) is 84.3 Å². The van der Waals surface area contributed by atoms with Gasteiger partial charge in [0.2, 0.25) is 10.0 Å². The van der Waals surface area contributed by atoms with E-state index in [2.05, 4.69) is 4.98 Å². The van der Waals surface area contributed by atoms with Crippen molar-refractivity contribution in [2.24, 2.45) is 0 Å². The van der Waals surface area contributed by atoms with Gasteiger partial charge in [-0.3, -0.25) is 24.2 Å². The highest BCUT2D eigenvalue weighted by atomic mass is 32.2. The van der Waals surface area contributed by atoms with Crippen molar-refractivity contribution in [3.05, 3.63) is 107 Å². The molecule has 10 nitrogen and oxygen atoms in total. The number of sulfonamides is 1. The number of allylic oxidation sites excluding steroid dienone is 1. The van der Waals surface area contributed by atoms with E-state index in [-0.39, 0.29) is 33.6 Å². The van der Waals surface area contributed by atoms with Gasteiger partial charge in [-0.1, -0.05) is 18.2 Å². The minimum absolute atomic E-state index is 0.0361. The molecule has 2 heterocycles. The van der Waals surface area contributed by atoms with Crippen LogP contribution < -0.4 is 9.62 Å². The number of aromatic nitrogens is 1. The molecule has 0 bridgehead atoms. The van der Waals surface area contributed by atoms with Crippen LogP contribution in [0.25, 0.3) is 0 Å². The second kappa shape index (κ2) is 12.6. The van der Waals surface area contributed by atoms with Crippen LogP contribution in [0.3, 0.4) is 0 Å². The van der Waals surface area contributed by atoms with Crippen LogP contribution in [0.4, 0.5) is 36.8 Å². The lowest BCUT2D eigenvalue weighted by Crippen LogP contribution is -2.54. The number of anilines is 1. The number of benzene rings is 2. The summed E-state index contributed by atoms with van der Waals surface area (Å²) in [6, 6.07) is 10.6. The molecular weight excluding hydrogens is 644 g/mol. The largest absolute Gasteiger partial charge is 0.416 e. The van der Waals surface area contributed by atoms with E-state index >= 15 is 0 Å². The highest BCUT2D eigenvalue weighted by molar-refractivity contribution is 7.90. The second-order valence-corrected chi connectivity index (χ2v) is 11.6. The fourth-order valence-electron chi connectivity index (χ4n) is 4.78. The number of ketones is 1. The van der Waals surface area contributed by atoms with Crippen molar-refractivity contribution in [1.82, 2.24) is 14.6 Å². The average molecular weight is 666 g/mol. The van der Waals surface area contributed by atoms with Gasteiger partial charge in [-0.05, 0) is 55.0 Å². The first-order valence-electron chi connectivity index (χ1n) is 13.0. The number of nitriles is 1. The smallest absolute Gasteiger partial charge is 0.303 e. The summed E-state index contributed by atoms with van der Waals surface area (Å²) in [6.45, 7) is 0.0107. The van der Waals surface area contributed by atoms with Gasteiger partial charge >= 0.3 is 18.4 Å². The van der Waals surface area contributed by atoms with Crippen molar-refractivity contribution >= 4 is 33.4 Å². The van der Waals surface area contributed by atoms with E-state index in [1.54, 1.807) is 0 Å². The molecule has 0 radical (unpaired) electrons. The minimum Gasteiger partial charge on any atom is -0.303 e. The van der Waals surface area contributed by atoms with E-state index in [9.17, 15) is 54.4 Å². The number of pyridine rings is 1. The topological polar surface area (TPSA) is 141 Å². The molecular formula is C29H21F6N5O5S. The fourth-order valence-corrected chi connectivity index (χ4v) is 5.69. The van der Waals surface area contributed by atoms with Crippen molar-refractivity contribution in [3.63, 3.8) is 0 Å². The Morgan fingerprint density at radius 2 is 1.70 bits per heavy atom.